The quantitative estimate of drug-likeness (QED) is 0.700. The van der Waals surface area contributed by atoms with Crippen LogP contribution in [-0.4, -0.2) is 30.3 Å². The summed E-state index contributed by atoms with van der Waals surface area (Å²) in [5.74, 6) is 0. The molecule has 0 radical (unpaired) electrons. The van der Waals surface area contributed by atoms with Crippen molar-refractivity contribution in [2.75, 3.05) is 6.61 Å². The number of nitrogens with zero attached hydrogens (tertiary/aromatic N) is 1. The number of benzene rings is 2. The van der Waals surface area contributed by atoms with Gasteiger partial charge in [-0.15, -0.1) is 0 Å². The number of carbonyl (C=O) groups is 1. The second-order valence-corrected chi connectivity index (χ2v) is 9.00. The molecule has 0 aromatic heterocycles. The number of carbonyl (C=O) groups excluding carboxylic acids is 1. The smallest absolute Gasteiger partial charge is 0.424 e. The molecular weight excluding hydrogens is 406 g/mol. The summed E-state index contributed by atoms with van der Waals surface area (Å²) >= 11 is 3.49. The topological polar surface area (TPSA) is 63.7 Å². The maximum absolute atomic E-state index is 13.2. The van der Waals surface area contributed by atoms with E-state index in [0.29, 0.717) is 0 Å². The molecule has 25 heavy (non-hydrogen) atoms. The van der Waals surface area contributed by atoms with Crippen LogP contribution in [0.1, 0.15) is 22.7 Å². The minimum Gasteiger partial charge on any atom is -0.447 e. The zero-order valence-corrected chi connectivity index (χ0v) is 16.2. The van der Waals surface area contributed by atoms with E-state index in [4.69, 9.17) is 4.74 Å². The van der Waals surface area contributed by atoms with E-state index in [1.807, 2.05) is 38.1 Å². The molecule has 0 bridgehead atoms. The first-order valence-corrected chi connectivity index (χ1v) is 10.2. The minimum atomic E-state index is -4.05. The average molecular weight is 424 g/mol. The van der Waals surface area contributed by atoms with Gasteiger partial charge in [-0.25, -0.2) is 13.2 Å². The summed E-state index contributed by atoms with van der Waals surface area (Å²) in [7, 11) is -4.05. The molecule has 0 aliphatic carbocycles. The molecule has 1 aliphatic rings. The van der Waals surface area contributed by atoms with Crippen molar-refractivity contribution >= 4 is 32.0 Å². The first-order valence-electron chi connectivity index (χ1n) is 7.80. The van der Waals surface area contributed by atoms with Gasteiger partial charge in [-0.3, -0.25) is 0 Å². The monoisotopic (exact) mass is 423 g/mol. The number of halogens is 1. The van der Waals surface area contributed by atoms with Crippen LogP contribution in [0.25, 0.3) is 0 Å². The first-order chi connectivity index (χ1) is 11.8. The standard InChI is InChI=1S/C18H18BrNO4S/c1-12-7-9-14(10-8-12)25(22,23)20-17(16(19)11-24-18(20)21)15-6-4-3-5-13(15)2/h3-10,16-17H,11H2,1-2H3/t16-,17+/m0/s1. The van der Waals surface area contributed by atoms with Crippen molar-refractivity contribution in [1.29, 1.82) is 0 Å². The molecule has 3 rings (SSSR count). The predicted octanol–water partition coefficient (Wildman–Crippen LogP) is 3.95. The Morgan fingerprint density at radius 2 is 1.72 bits per heavy atom. The van der Waals surface area contributed by atoms with Gasteiger partial charge in [0.05, 0.1) is 15.8 Å². The molecule has 132 valence electrons. The van der Waals surface area contributed by atoms with Crippen LogP contribution < -0.4 is 0 Å². The van der Waals surface area contributed by atoms with Crippen LogP contribution in [0.15, 0.2) is 53.4 Å². The summed E-state index contributed by atoms with van der Waals surface area (Å²) in [4.78, 5) is 12.1. The summed E-state index contributed by atoms with van der Waals surface area (Å²) in [6.45, 7) is 3.87. The van der Waals surface area contributed by atoms with Gasteiger partial charge in [-0.05, 0) is 37.1 Å². The zero-order valence-electron chi connectivity index (χ0n) is 13.8. The van der Waals surface area contributed by atoms with Crippen LogP contribution in [0.2, 0.25) is 0 Å². The molecule has 5 nitrogen and oxygen atoms in total. The highest BCUT2D eigenvalue weighted by atomic mass is 79.9. The number of amides is 1. The lowest BCUT2D eigenvalue weighted by atomic mass is 9.98. The molecule has 1 aliphatic heterocycles. The fraction of sp³-hybridized carbons (Fsp3) is 0.278. The number of sulfonamides is 1. The van der Waals surface area contributed by atoms with Gasteiger partial charge in [-0.2, -0.15) is 4.31 Å². The third-order valence-electron chi connectivity index (χ3n) is 4.23. The second-order valence-electron chi connectivity index (χ2n) is 6.01. The molecule has 1 saturated heterocycles. The molecule has 0 N–H and O–H groups in total. The molecule has 1 amide bonds. The highest BCUT2D eigenvalue weighted by Gasteiger charge is 2.45. The number of ether oxygens (including phenoxy) is 1. The van der Waals surface area contributed by atoms with E-state index < -0.39 is 22.2 Å². The summed E-state index contributed by atoms with van der Waals surface area (Å²) in [6, 6.07) is 13.2. The van der Waals surface area contributed by atoms with E-state index in [-0.39, 0.29) is 16.3 Å². The van der Waals surface area contributed by atoms with Gasteiger partial charge < -0.3 is 4.74 Å². The molecule has 1 fully saturated rings. The van der Waals surface area contributed by atoms with Gasteiger partial charge in [0.15, 0.2) is 0 Å². The summed E-state index contributed by atoms with van der Waals surface area (Å²) in [5.41, 5.74) is 2.63. The molecule has 0 saturated carbocycles. The molecule has 2 aromatic carbocycles. The van der Waals surface area contributed by atoms with Gasteiger partial charge in [-0.1, -0.05) is 57.9 Å². The number of alkyl halides is 1. The Morgan fingerprint density at radius 1 is 1.08 bits per heavy atom. The minimum absolute atomic E-state index is 0.0650. The average Bonchev–Trinajstić information content (AvgIpc) is 2.57. The van der Waals surface area contributed by atoms with Gasteiger partial charge in [0.1, 0.15) is 6.61 Å². The lowest BCUT2D eigenvalue weighted by Gasteiger charge is -2.38. The lowest BCUT2D eigenvalue weighted by Crippen LogP contribution is -2.49. The van der Waals surface area contributed by atoms with Gasteiger partial charge >= 0.3 is 6.09 Å². The van der Waals surface area contributed by atoms with Crippen molar-refractivity contribution in [2.24, 2.45) is 0 Å². The third-order valence-corrected chi connectivity index (χ3v) is 6.75. The van der Waals surface area contributed by atoms with E-state index in [9.17, 15) is 13.2 Å². The normalized spacial score (nSPS) is 21.1. The zero-order chi connectivity index (χ0) is 18.2. The fourth-order valence-electron chi connectivity index (χ4n) is 2.88. The first kappa shape index (κ1) is 17.9. The van der Waals surface area contributed by atoms with E-state index >= 15 is 0 Å². The highest BCUT2D eigenvalue weighted by molar-refractivity contribution is 9.09. The SMILES string of the molecule is Cc1ccc(S(=O)(=O)N2C(=O)OC[C@H](Br)[C@H]2c2ccccc2C)cc1. The maximum atomic E-state index is 13.2. The van der Waals surface area contributed by atoms with E-state index in [2.05, 4.69) is 15.9 Å². The number of aryl methyl sites for hydroxylation is 2. The Bertz CT molecular complexity index is 896. The summed E-state index contributed by atoms with van der Waals surface area (Å²) in [5, 5.41) is 0. The van der Waals surface area contributed by atoms with E-state index in [1.165, 1.54) is 12.1 Å². The Balaban J connectivity index is 2.14. The van der Waals surface area contributed by atoms with Gasteiger partial charge in [0, 0.05) is 0 Å². The van der Waals surface area contributed by atoms with Crippen LogP contribution in [0.5, 0.6) is 0 Å². The van der Waals surface area contributed by atoms with Crippen LogP contribution in [0, 0.1) is 13.8 Å². The van der Waals surface area contributed by atoms with Gasteiger partial charge in [0.2, 0.25) is 0 Å². The molecule has 7 heteroatoms. The fourth-order valence-corrected chi connectivity index (χ4v) is 5.20. The molecule has 0 unspecified atom stereocenters. The van der Waals surface area contributed by atoms with Crippen molar-refractivity contribution in [3.05, 3.63) is 65.2 Å². The van der Waals surface area contributed by atoms with Crippen molar-refractivity contribution in [3.8, 4) is 0 Å². The maximum Gasteiger partial charge on any atom is 0.424 e. The van der Waals surface area contributed by atoms with E-state index in [0.717, 1.165) is 21.0 Å². The van der Waals surface area contributed by atoms with E-state index in [1.54, 1.807) is 12.1 Å². The van der Waals surface area contributed by atoms with Gasteiger partial charge in [0.25, 0.3) is 10.0 Å². The van der Waals surface area contributed by atoms with Crippen molar-refractivity contribution in [3.63, 3.8) is 0 Å². The molecule has 0 spiro atoms. The van der Waals surface area contributed by atoms with Crippen molar-refractivity contribution in [1.82, 2.24) is 4.31 Å². The second kappa shape index (κ2) is 6.80. The van der Waals surface area contributed by atoms with Crippen LogP contribution in [0.3, 0.4) is 0 Å². The largest absolute Gasteiger partial charge is 0.447 e. The Morgan fingerprint density at radius 3 is 2.36 bits per heavy atom. The Kier molecular flexibility index (Phi) is 4.88. The van der Waals surface area contributed by atoms with Crippen LogP contribution in [-0.2, 0) is 14.8 Å². The third kappa shape index (κ3) is 3.30. The molecular formula is C18H18BrNO4S. The van der Waals surface area contributed by atoms with Crippen LogP contribution in [0.4, 0.5) is 4.79 Å². The summed E-state index contributed by atoms with van der Waals surface area (Å²) in [6.07, 6.45) is -0.857. The number of hydrogen-bond acceptors (Lipinski definition) is 4. The van der Waals surface area contributed by atoms with Crippen LogP contribution >= 0.6 is 15.9 Å². The van der Waals surface area contributed by atoms with Crippen molar-refractivity contribution < 1.29 is 17.9 Å². The number of rotatable bonds is 3. The summed E-state index contributed by atoms with van der Waals surface area (Å²) < 4.78 is 32.2. The molecule has 1 heterocycles. The Labute approximate surface area is 155 Å². The molecule has 2 atom stereocenters. The highest BCUT2D eigenvalue weighted by Crippen LogP contribution is 2.38. The number of cyclic esters (lactones) is 1. The van der Waals surface area contributed by atoms with Crippen molar-refractivity contribution in [2.45, 2.75) is 29.6 Å². The number of hydrogen-bond donors (Lipinski definition) is 0. The Hall–Kier alpha value is -1.86. The predicted molar refractivity (Wildman–Crippen MR) is 98.2 cm³/mol. The lowest BCUT2D eigenvalue weighted by molar-refractivity contribution is 0.0838. The molecule has 2 aromatic rings.